The number of alkyl halides is 1. The van der Waals surface area contributed by atoms with Gasteiger partial charge in [-0.1, -0.05) is 0 Å². The monoisotopic (exact) mass is 188 g/mol. The summed E-state index contributed by atoms with van der Waals surface area (Å²) in [4.78, 5) is 2.38. The summed E-state index contributed by atoms with van der Waals surface area (Å²) in [5.74, 6) is 0. The lowest BCUT2D eigenvalue weighted by Gasteiger charge is -2.31. The lowest BCUT2D eigenvalue weighted by molar-refractivity contribution is 0.0414. The van der Waals surface area contributed by atoms with Gasteiger partial charge in [0.25, 0.3) is 0 Å². The highest BCUT2D eigenvalue weighted by atomic mass is 18.2. The normalized spacial score (nSPS) is 25.4. The van der Waals surface area contributed by atoms with Crippen LogP contribution in [0.15, 0.2) is 0 Å². The van der Waals surface area contributed by atoms with Gasteiger partial charge in [-0.25, -0.2) is 4.39 Å². The van der Waals surface area contributed by atoms with E-state index in [0.717, 1.165) is 19.5 Å². The molecule has 78 valence electrons. The van der Waals surface area contributed by atoms with Crippen LogP contribution in [-0.2, 0) is 4.74 Å². The van der Waals surface area contributed by atoms with Crippen molar-refractivity contribution in [2.45, 2.75) is 38.8 Å². The van der Waals surface area contributed by atoms with Gasteiger partial charge in [0.1, 0.15) is 6.67 Å². The van der Waals surface area contributed by atoms with Crippen LogP contribution in [0.4, 0.5) is 4.39 Å². The second-order valence-electron chi connectivity index (χ2n) is 4.59. The van der Waals surface area contributed by atoms with E-state index >= 15 is 0 Å². The summed E-state index contributed by atoms with van der Waals surface area (Å²) in [7, 11) is 0. The van der Waals surface area contributed by atoms with E-state index in [-0.39, 0.29) is 24.9 Å². The molecule has 0 saturated carbocycles. The molecule has 1 fully saturated rings. The number of ether oxygens (including phenoxy) is 1. The zero-order valence-corrected chi connectivity index (χ0v) is 8.85. The molecule has 0 N–H and O–H groups in total. The Hall–Kier alpha value is -0.150. The van der Waals surface area contributed by atoms with Gasteiger partial charge in [-0.15, -0.1) is 0 Å². The molecule has 3 heteroatoms. The molecule has 1 unspecified atom stereocenters. The number of hydrogen-bond donors (Lipinski definition) is 0. The van der Waals surface area contributed by atoms with E-state index in [2.05, 4.69) is 25.7 Å². The maximum atomic E-state index is 11.8. The minimum Gasteiger partial charge on any atom is -0.374 e. The molecule has 1 aliphatic rings. The standard InChI is InChI=1S/C10H20FNO/c1-10(2,3)12-6-4-9(8-12)13-7-5-11/h9H,4-8H2,1-3H3/i11-1. The third kappa shape index (κ3) is 3.24. The second kappa shape index (κ2) is 4.38. The molecule has 1 rings (SSSR count). The Labute approximate surface area is 80.1 Å². The highest BCUT2D eigenvalue weighted by Gasteiger charge is 2.30. The molecule has 0 aliphatic carbocycles. The quantitative estimate of drug-likeness (QED) is 0.670. The zero-order chi connectivity index (χ0) is 9.90. The fourth-order valence-electron chi connectivity index (χ4n) is 1.68. The van der Waals surface area contributed by atoms with Gasteiger partial charge in [0.05, 0.1) is 12.7 Å². The van der Waals surface area contributed by atoms with Crippen LogP contribution in [0.5, 0.6) is 0 Å². The average molecular weight is 188 g/mol. The van der Waals surface area contributed by atoms with E-state index in [1.807, 2.05) is 0 Å². The van der Waals surface area contributed by atoms with Crippen LogP contribution in [0.1, 0.15) is 27.2 Å². The Morgan fingerprint density at radius 1 is 1.46 bits per heavy atom. The minimum absolute atomic E-state index is 0.216. The lowest BCUT2D eigenvalue weighted by atomic mass is 10.1. The smallest absolute Gasteiger partial charge is 0.113 e. The van der Waals surface area contributed by atoms with E-state index < -0.39 is 0 Å². The first-order valence-electron chi connectivity index (χ1n) is 4.96. The number of nitrogens with zero attached hydrogens (tertiary/aromatic N) is 1. The van der Waals surface area contributed by atoms with E-state index in [4.69, 9.17) is 4.74 Å². The average Bonchev–Trinajstić information content (AvgIpc) is 2.47. The number of rotatable bonds is 3. The molecule has 0 aromatic heterocycles. The van der Waals surface area contributed by atoms with Gasteiger partial charge in [0, 0.05) is 18.6 Å². The molecular weight excluding hydrogens is 168 g/mol. The van der Waals surface area contributed by atoms with Gasteiger partial charge < -0.3 is 4.74 Å². The van der Waals surface area contributed by atoms with Gasteiger partial charge in [0.15, 0.2) is 0 Å². The van der Waals surface area contributed by atoms with Crippen LogP contribution in [0.3, 0.4) is 0 Å². The molecule has 1 saturated heterocycles. The molecule has 0 spiro atoms. The summed E-state index contributed by atoms with van der Waals surface area (Å²) >= 11 is 0. The lowest BCUT2D eigenvalue weighted by Crippen LogP contribution is -2.40. The largest absolute Gasteiger partial charge is 0.374 e. The summed E-state index contributed by atoms with van der Waals surface area (Å²) in [5.41, 5.74) is 0.216. The van der Waals surface area contributed by atoms with Gasteiger partial charge >= 0.3 is 0 Å². The highest BCUT2D eigenvalue weighted by Crippen LogP contribution is 2.21. The van der Waals surface area contributed by atoms with E-state index in [1.165, 1.54) is 0 Å². The third-order valence-corrected chi connectivity index (χ3v) is 2.52. The number of halogens is 1. The first-order chi connectivity index (χ1) is 6.04. The minimum atomic E-state index is -0.369. The molecule has 0 radical (unpaired) electrons. The molecule has 0 aromatic rings. The zero-order valence-electron chi connectivity index (χ0n) is 8.85. The Morgan fingerprint density at radius 2 is 2.15 bits per heavy atom. The van der Waals surface area contributed by atoms with Gasteiger partial charge in [-0.3, -0.25) is 4.90 Å². The number of likely N-dealkylation sites (tertiary alicyclic amines) is 1. The Balaban J connectivity index is 2.28. The van der Waals surface area contributed by atoms with Crippen molar-refractivity contribution >= 4 is 0 Å². The summed E-state index contributed by atoms with van der Waals surface area (Å²) in [6, 6.07) is 0. The van der Waals surface area contributed by atoms with Crippen LogP contribution < -0.4 is 0 Å². The first-order valence-corrected chi connectivity index (χ1v) is 4.96. The Morgan fingerprint density at radius 3 is 2.62 bits per heavy atom. The van der Waals surface area contributed by atoms with E-state index in [0.29, 0.717) is 0 Å². The van der Waals surface area contributed by atoms with Crippen molar-refractivity contribution < 1.29 is 9.13 Å². The third-order valence-electron chi connectivity index (χ3n) is 2.52. The summed E-state index contributed by atoms with van der Waals surface area (Å²) in [6.07, 6.45) is 1.28. The van der Waals surface area contributed by atoms with Crippen molar-refractivity contribution in [1.29, 1.82) is 0 Å². The van der Waals surface area contributed by atoms with Crippen molar-refractivity contribution in [3.63, 3.8) is 0 Å². The van der Waals surface area contributed by atoms with Crippen LogP contribution in [-0.4, -0.2) is 42.9 Å². The van der Waals surface area contributed by atoms with Crippen LogP contribution in [0.25, 0.3) is 0 Å². The highest BCUT2D eigenvalue weighted by molar-refractivity contribution is 4.85. The maximum Gasteiger partial charge on any atom is 0.113 e. The van der Waals surface area contributed by atoms with Gasteiger partial charge in [-0.2, -0.15) is 0 Å². The van der Waals surface area contributed by atoms with Crippen molar-refractivity contribution in [3.8, 4) is 0 Å². The molecular formula is C10H20FNO. The van der Waals surface area contributed by atoms with E-state index in [9.17, 15) is 4.39 Å². The van der Waals surface area contributed by atoms with Gasteiger partial charge in [0.2, 0.25) is 0 Å². The van der Waals surface area contributed by atoms with Crippen LogP contribution >= 0.6 is 0 Å². The predicted octanol–water partition coefficient (Wildman–Crippen LogP) is 1.85. The molecule has 0 amide bonds. The number of hydrogen-bond acceptors (Lipinski definition) is 2. The topological polar surface area (TPSA) is 12.5 Å². The summed E-state index contributed by atoms with van der Waals surface area (Å²) in [5, 5.41) is 0. The van der Waals surface area contributed by atoms with E-state index in [1.54, 1.807) is 0 Å². The fourth-order valence-corrected chi connectivity index (χ4v) is 1.68. The molecule has 0 aromatic carbocycles. The first kappa shape index (κ1) is 10.9. The Kier molecular flexibility index (Phi) is 3.68. The van der Waals surface area contributed by atoms with Crippen LogP contribution in [0.2, 0.25) is 0 Å². The molecule has 13 heavy (non-hydrogen) atoms. The van der Waals surface area contributed by atoms with Crippen molar-refractivity contribution in [2.24, 2.45) is 0 Å². The summed E-state index contributed by atoms with van der Waals surface area (Å²) < 4.78 is 17.2. The summed E-state index contributed by atoms with van der Waals surface area (Å²) in [6.45, 7) is 8.50. The van der Waals surface area contributed by atoms with Gasteiger partial charge in [-0.05, 0) is 27.2 Å². The molecule has 1 aliphatic heterocycles. The predicted molar refractivity (Wildman–Crippen MR) is 51.7 cm³/mol. The second-order valence-corrected chi connectivity index (χ2v) is 4.59. The molecule has 0 bridgehead atoms. The molecule has 1 atom stereocenters. The molecule has 1 heterocycles. The fraction of sp³-hybridized carbons (Fsp3) is 1.00. The van der Waals surface area contributed by atoms with Crippen LogP contribution in [0, 0.1) is 0 Å². The van der Waals surface area contributed by atoms with Crippen molar-refractivity contribution in [3.05, 3.63) is 0 Å². The SMILES string of the molecule is CC(C)(C)N1CCC(OCC[18F])C1. The maximum absolute atomic E-state index is 11.8. The van der Waals surface area contributed by atoms with Crippen molar-refractivity contribution in [2.75, 3.05) is 26.4 Å². The van der Waals surface area contributed by atoms with Crippen molar-refractivity contribution in [1.82, 2.24) is 4.90 Å². The Bertz CT molecular complexity index is 155. The molecule has 2 nitrogen and oxygen atoms in total.